The van der Waals surface area contributed by atoms with Crippen LogP contribution in [-0.2, 0) is 17.1 Å². The van der Waals surface area contributed by atoms with Crippen LogP contribution >= 0.6 is 11.6 Å². The lowest BCUT2D eigenvalue weighted by Crippen LogP contribution is -2.09. The van der Waals surface area contributed by atoms with Gasteiger partial charge in [0.15, 0.2) is 0 Å². The number of nitrogen functional groups attached to an aromatic ring is 1. The number of carboxylic acid groups (broad SMARTS) is 1. The fourth-order valence-corrected chi connectivity index (χ4v) is 1.59. The van der Waals surface area contributed by atoms with Gasteiger partial charge in [-0.15, -0.1) is 11.6 Å². The van der Waals surface area contributed by atoms with Gasteiger partial charge in [-0.3, -0.25) is 9.78 Å². The van der Waals surface area contributed by atoms with Gasteiger partial charge in [-0.05, 0) is 11.1 Å². The second-order valence-corrected chi connectivity index (χ2v) is 3.33. The number of hydrogen-bond donors (Lipinski definition) is 2. The first-order valence-corrected chi connectivity index (χ1v) is 4.82. The summed E-state index contributed by atoms with van der Waals surface area (Å²) in [6.45, 7) is 0. The lowest BCUT2D eigenvalue weighted by atomic mass is 10.1. The predicted molar refractivity (Wildman–Crippen MR) is 54.5 cm³/mol. The fourth-order valence-electron chi connectivity index (χ4n) is 1.27. The summed E-state index contributed by atoms with van der Waals surface area (Å²) in [6.07, 6.45) is -2.08. The van der Waals surface area contributed by atoms with E-state index in [0.29, 0.717) is 0 Å². The summed E-state index contributed by atoms with van der Waals surface area (Å²) in [7, 11) is 0. The largest absolute Gasteiger partial charge is 0.481 e. The molecule has 4 nitrogen and oxygen atoms in total. The molecule has 1 aromatic heterocycles. The Morgan fingerprint density at radius 2 is 2.25 bits per heavy atom. The number of nitrogens with two attached hydrogens (primary N) is 1. The highest BCUT2D eigenvalue weighted by Gasteiger charge is 2.19. The molecule has 3 N–H and O–H groups in total. The molecule has 1 aromatic rings. The van der Waals surface area contributed by atoms with Gasteiger partial charge in [0.2, 0.25) is 0 Å². The van der Waals surface area contributed by atoms with E-state index in [1.807, 2.05) is 0 Å². The van der Waals surface area contributed by atoms with Crippen molar-refractivity contribution < 1.29 is 18.7 Å². The number of alkyl halides is 3. The zero-order valence-electron chi connectivity index (χ0n) is 8.08. The highest BCUT2D eigenvalue weighted by atomic mass is 35.5. The third-order valence-corrected chi connectivity index (χ3v) is 2.30. The van der Waals surface area contributed by atoms with Crippen molar-refractivity contribution >= 4 is 23.3 Å². The SMILES string of the molecule is Nc1c(C(F)F)ncc(CC(=O)O)c1CCl. The van der Waals surface area contributed by atoms with Gasteiger partial charge in [-0.1, -0.05) is 0 Å². The van der Waals surface area contributed by atoms with E-state index < -0.39 is 18.1 Å². The van der Waals surface area contributed by atoms with Gasteiger partial charge in [0.25, 0.3) is 6.43 Å². The topological polar surface area (TPSA) is 76.2 Å². The van der Waals surface area contributed by atoms with E-state index in [9.17, 15) is 13.6 Å². The van der Waals surface area contributed by atoms with Gasteiger partial charge in [0.05, 0.1) is 12.1 Å². The van der Waals surface area contributed by atoms with Crippen LogP contribution in [0, 0.1) is 0 Å². The maximum Gasteiger partial charge on any atom is 0.307 e. The van der Waals surface area contributed by atoms with Crippen LogP contribution in [0.4, 0.5) is 14.5 Å². The Morgan fingerprint density at radius 1 is 1.62 bits per heavy atom. The molecule has 0 aromatic carbocycles. The smallest absolute Gasteiger partial charge is 0.307 e. The van der Waals surface area contributed by atoms with Crippen LogP contribution in [0.15, 0.2) is 6.20 Å². The first-order valence-electron chi connectivity index (χ1n) is 4.29. The zero-order chi connectivity index (χ0) is 12.3. The van der Waals surface area contributed by atoms with E-state index in [4.69, 9.17) is 22.4 Å². The van der Waals surface area contributed by atoms with Crippen molar-refractivity contribution in [2.24, 2.45) is 0 Å². The maximum absolute atomic E-state index is 12.4. The second-order valence-electron chi connectivity index (χ2n) is 3.07. The van der Waals surface area contributed by atoms with Crippen LogP contribution in [0.1, 0.15) is 23.2 Å². The minimum absolute atomic E-state index is 0.128. The number of nitrogens with zero attached hydrogens (tertiary/aromatic N) is 1. The van der Waals surface area contributed by atoms with Gasteiger partial charge < -0.3 is 10.8 Å². The normalized spacial score (nSPS) is 10.8. The minimum Gasteiger partial charge on any atom is -0.481 e. The van der Waals surface area contributed by atoms with Gasteiger partial charge in [0.1, 0.15) is 5.69 Å². The van der Waals surface area contributed by atoms with Gasteiger partial charge in [-0.25, -0.2) is 8.78 Å². The first kappa shape index (κ1) is 12.6. The molecule has 88 valence electrons. The molecule has 0 aliphatic carbocycles. The average molecular weight is 251 g/mol. The molecule has 0 aliphatic rings. The zero-order valence-corrected chi connectivity index (χ0v) is 8.84. The summed E-state index contributed by atoms with van der Waals surface area (Å²) >= 11 is 5.55. The molecule has 0 amide bonds. The Hall–Kier alpha value is -1.43. The fraction of sp³-hybridized carbons (Fsp3) is 0.333. The van der Waals surface area contributed by atoms with Crippen LogP contribution in [-0.4, -0.2) is 16.1 Å². The molecule has 0 saturated heterocycles. The van der Waals surface area contributed by atoms with Crippen LogP contribution in [0.5, 0.6) is 0 Å². The monoisotopic (exact) mass is 250 g/mol. The molecule has 0 aliphatic heterocycles. The average Bonchev–Trinajstić information content (AvgIpc) is 2.16. The number of halogens is 3. The van der Waals surface area contributed by atoms with E-state index in [-0.39, 0.29) is 29.1 Å². The molecule has 1 heterocycles. The van der Waals surface area contributed by atoms with Crippen molar-refractivity contribution in [3.8, 4) is 0 Å². The number of aliphatic carboxylic acids is 1. The number of hydrogen-bond acceptors (Lipinski definition) is 3. The molecule has 7 heteroatoms. The van der Waals surface area contributed by atoms with Crippen molar-refractivity contribution in [3.05, 3.63) is 23.0 Å². The number of rotatable bonds is 4. The third-order valence-electron chi connectivity index (χ3n) is 2.03. The van der Waals surface area contributed by atoms with E-state index in [1.54, 1.807) is 0 Å². The van der Waals surface area contributed by atoms with Crippen LogP contribution < -0.4 is 5.73 Å². The lowest BCUT2D eigenvalue weighted by Gasteiger charge is -2.11. The summed E-state index contributed by atoms with van der Waals surface area (Å²) in [6, 6.07) is 0. The standard InChI is InChI=1S/C9H9ClF2N2O2/c10-2-5-4(1-6(15)16)3-14-8(7(5)13)9(11)12/h3,9H,1-2,13H2,(H,15,16). The predicted octanol–water partition coefficient (Wildman–Crippen LogP) is 1.97. The molecule has 0 atom stereocenters. The molecule has 1 rings (SSSR count). The Bertz CT molecular complexity index is 413. The van der Waals surface area contributed by atoms with Crippen molar-refractivity contribution in [2.45, 2.75) is 18.7 Å². The Balaban J connectivity index is 3.23. The van der Waals surface area contributed by atoms with Gasteiger partial charge in [0, 0.05) is 12.1 Å². The molecular weight excluding hydrogens is 242 g/mol. The molecule has 0 radical (unpaired) electrons. The Kier molecular flexibility index (Phi) is 4.00. The highest BCUT2D eigenvalue weighted by molar-refractivity contribution is 6.17. The van der Waals surface area contributed by atoms with Gasteiger partial charge in [-0.2, -0.15) is 0 Å². The number of carboxylic acids is 1. The molecule has 0 saturated carbocycles. The van der Waals surface area contributed by atoms with Crippen molar-refractivity contribution in [1.29, 1.82) is 0 Å². The summed E-state index contributed by atoms with van der Waals surface area (Å²) in [4.78, 5) is 13.9. The summed E-state index contributed by atoms with van der Waals surface area (Å²) in [5.41, 5.74) is 5.11. The number of anilines is 1. The summed E-state index contributed by atoms with van der Waals surface area (Å²) in [5, 5.41) is 8.60. The van der Waals surface area contributed by atoms with Crippen LogP contribution in [0.25, 0.3) is 0 Å². The molecule has 0 fully saturated rings. The third kappa shape index (κ3) is 2.57. The quantitative estimate of drug-likeness (QED) is 0.801. The molecular formula is C9H9ClF2N2O2. The number of aromatic nitrogens is 1. The minimum atomic E-state index is -2.80. The Morgan fingerprint density at radius 3 is 2.69 bits per heavy atom. The van der Waals surface area contributed by atoms with E-state index >= 15 is 0 Å². The molecule has 0 bridgehead atoms. The van der Waals surface area contributed by atoms with Gasteiger partial charge >= 0.3 is 5.97 Å². The highest BCUT2D eigenvalue weighted by Crippen LogP contribution is 2.28. The van der Waals surface area contributed by atoms with Crippen molar-refractivity contribution in [2.75, 3.05) is 5.73 Å². The van der Waals surface area contributed by atoms with Crippen LogP contribution in [0.3, 0.4) is 0 Å². The molecule has 0 unspecified atom stereocenters. The van der Waals surface area contributed by atoms with E-state index in [0.717, 1.165) is 6.20 Å². The molecule has 16 heavy (non-hydrogen) atoms. The maximum atomic E-state index is 12.4. The summed E-state index contributed by atoms with van der Waals surface area (Å²) < 4.78 is 24.9. The molecule has 0 spiro atoms. The Labute approximate surface area is 95.0 Å². The van der Waals surface area contributed by atoms with E-state index in [2.05, 4.69) is 4.98 Å². The van der Waals surface area contributed by atoms with Crippen LogP contribution in [0.2, 0.25) is 0 Å². The first-order chi connectivity index (χ1) is 7.47. The number of pyridine rings is 1. The van der Waals surface area contributed by atoms with Crippen molar-refractivity contribution in [1.82, 2.24) is 4.98 Å². The summed E-state index contributed by atoms with van der Waals surface area (Å²) in [5.74, 6) is -1.23. The van der Waals surface area contributed by atoms with Crippen molar-refractivity contribution in [3.63, 3.8) is 0 Å². The second kappa shape index (κ2) is 5.07. The lowest BCUT2D eigenvalue weighted by molar-refractivity contribution is -0.136. The van der Waals surface area contributed by atoms with E-state index in [1.165, 1.54) is 0 Å². The number of carbonyl (C=O) groups is 1.